The Bertz CT molecular complexity index is 428. The highest BCUT2D eigenvalue weighted by Crippen LogP contribution is 2.30. The van der Waals surface area contributed by atoms with Crippen molar-refractivity contribution in [2.45, 2.75) is 19.1 Å². The maximum atomic E-state index is 13.5. The number of carbonyl (C=O) groups excluding carboxylic acids is 1. The zero-order valence-corrected chi connectivity index (χ0v) is 11.0. The van der Waals surface area contributed by atoms with Crippen molar-refractivity contribution in [3.63, 3.8) is 0 Å². The van der Waals surface area contributed by atoms with Crippen LogP contribution in [0.1, 0.15) is 17.8 Å². The second-order valence-electron chi connectivity index (χ2n) is 3.11. The predicted octanol–water partition coefficient (Wildman–Crippen LogP) is 1.98. The van der Waals surface area contributed by atoms with E-state index in [1.54, 1.807) is 6.92 Å². The number of hydrogen-bond donors (Lipinski definition) is 1. The van der Waals surface area contributed by atoms with E-state index in [1.807, 2.05) is 0 Å². The Labute approximate surface area is 112 Å². The van der Waals surface area contributed by atoms with Gasteiger partial charge in [-0.05, 0) is 13.0 Å². The first-order valence-electron chi connectivity index (χ1n) is 4.77. The van der Waals surface area contributed by atoms with Crippen LogP contribution < -0.4 is 5.73 Å². The van der Waals surface area contributed by atoms with Gasteiger partial charge in [-0.1, -0.05) is 11.3 Å². The number of nitrogens with two attached hydrogens (primary N) is 1. The van der Waals surface area contributed by atoms with E-state index in [9.17, 15) is 19.3 Å². The molecule has 0 fully saturated rings. The molecule has 2 N–H and O–H groups in total. The van der Waals surface area contributed by atoms with Crippen LogP contribution in [0.3, 0.4) is 0 Å². The standard InChI is InChI=1S/C9H11FN2O4S.ClH/c1-2-16-9(13)7(10)8(11)5-3-4-6(17-5)12(14)15;/h3-4,7-8H,2,11H2,1H3;1H/t7?,8-;/m1./s1. The quantitative estimate of drug-likeness (QED) is 0.509. The van der Waals surface area contributed by atoms with E-state index in [1.165, 1.54) is 12.1 Å². The van der Waals surface area contributed by atoms with Crippen LogP contribution in [0.15, 0.2) is 12.1 Å². The topological polar surface area (TPSA) is 95.5 Å². The number of halogens is 2. The number of hydrogen-bond acceptors (Lipinski definition) is 6. The van der Waals surface area contributed by atoms with E-state index in [2.05, 4.69) is 4.74 Å². The van der Waals surface area contributed by atoms with Gasteiger partial charge in [-0.15, -0.1) is 12.4 Å². The Kier molecular flexibility index (Phi) is 6.74. The van der Waals surface area contributed by atoms with E-state index in [0.717, 1.165) is 11.3 Å². The molecule has 0 aliphatic heterocycles. The van der Waals surface area contributed by atoms with Gasteiger partial charge in [0.25, 0.3) is 0 Å². The summed E-state index contributed by atoms with van der Waals surface area (Å²) in [5.74, 6) is -1.06. The Hall–Kier alpha value is -1.25. The first kappa shape index (κ1) is 16.8. The van der Waals surface area contributed by atoms with Crippen LogP contribution in [-0.4, -0.2) is 23.7 Å². The highest BCUT2D eigenvalue weighted by molar-refractivity contribution is 7.15. The minimum Gasteiger partial charge on any atom is -0.464 e. The first-order chi connectivity index (χ1) is 7.97. The van der Waals surface area contributed by atoms with E-state index < -0.39 is 23.1 Å². The van der Waals surface area contributed by atoms with Gasteiger partial charge in [0.15, 0.2) is 0 Å². The number of nitrogens with zero attached hydrogens (tertiary/aromatic N) is 1. The Morgan fingerprint density at radius 3 is 2.72 bits per heavy atom. The van der Waals surface area contributed by atoms with Gasteiger partial charge in [-0.25, -0.2) is 9.18 Å². The molecule has 1 heterocycles. The fourth-order valence-corrected chi connectivity index (χ4v) is 1.98. The number of carbonyl (C=O) groups is 1. The third kappa shape index (κ3) is 3.90. The van der Waals surface area contributed by atoms with Crippen molar-refractivity contribution in [3.8, 4) is 0 Å². The summed E-state index contributed by atoms with van der Waals surface area (Å²) in [6, 6.07) is 1.31. The van der Waals surface area contributed by atoms with Crippen molar-refractivity contribution >= 4 is 34.7 Å². The predicted molar refractivity (Wildman–Crippen MR) is 66.7 cm³/mol. The SMILES string of the molecule is CCOC(=O)C(F)[C@H](N)c1ccc([N+](=O)[O-])s1.Cl. The van der Waals surface area contributed by atoms with Gasteiger partial charge >= 0.3 is 11.0 Å². The molecule has 18 heavy (non-hydrogen) atoms. The van der Waals surface area contributed by atoms with Gasteiger partial charge in [0.1, 0.15) is 0 Å². The molecule has 0 radical (unpaired) electrons. The third-order valence-corrected chi connectivity index (χ3v) is 3.09. The molecule has 2 atom stereocenters. The minimum absolute atomic E-state index is 0. The lowest BCUT2D eigenvalue weighted by atomic mass is 10.1. The van der Waals surface area contributed by atoms with Gasteiger partial charge < -0.3 is 10.5 Å². The lowest BCUT2D eigenvalue weighted by Crippen LogP contribution is -2.30. The average Bonchev–Trinajstić information content (AvgIpc) is 2.76. The monoisotopic (exact) mass is 298 g/mol. The van der Waals surface area contributed by atoms with Crippen molar-refractivity contribution in [1.29, 1.82) is 0 Å². The second-order valence-corrected chi connectivity index (χ2v) is 4.21. The molecular formula is C9H12ClFN2O4S. The molecule has 1 unspecified atom stereocenters. The van der Waals surface area contributed by atoms with E-state index in [-0.39, 0.29) is 28.9 Å². The number of esters is 1. The van der Waals surface area contributed by atoms with Crippen molar-refractivity contribution in [1.82, 2.24) is 0 Å². The summed E-state index contributed by atoms with van der Waals surface area (Å²) >= 11 is 0.741. The molecule has 1 aromatic rings. The lowest BCUT2D eigenvalue weighted by Gasteiger charge is -2.13. The highest BCUT2D eigenvalue weighted by Gasteiger charge is 2.29. The molecule has 9 heteroatoms. The van der Waals surface area contributed by atoms with Crippen LogP contribution >= 0.6 is 23.7 Å². The van der Waals surface area contributed by atoms with E-state index in [0.29, 0.717) is 0 Å². The molecule has 0 saturated carbocycles. The van der Waals surface area contributed by atoms with Gasteiger partial charge in [0, 0.05) is 10.9 Å². The number of alkyl halides is 1. The fraction of sp³-hybridized carbons (Fsp3) is 0.444. The molecule has 0 bridgehead atoms. The van der Waals surface area contributed by atoms with Crippen LogP contribution in [0.5, 0.6) is 0 Å². The maximum Gasteiger partial charge on any atom is 0.342 e. The largest absolute Gasteiger partial charge is 0.464 e. The molecule has 6 nitrogen and oxygen atoms in total. The molecule has 1 aromatic heterocycles. The average molecular weight is 299 g/mol. The highest BCUT2D eigenvalue weighted by atomic mass is 35.5. The molecule has 0 spiro atoms. The summed E-state index contributed by atoms with van der Waals surface area (Å²) < 4.78 is 18.0. The Morgan fingerprint density at radius 2 is 2.28 bits per heavy atom. The molecule has 0 aliphatic rings. The van der Waals surface area contributed by atoms with Crippen LogP contribution in [-0.2, 0) is 9.53 Å². The Balaban J connectivity index is 0.00000289. The molecule has 0 aliphatic carbocycles. The summed E-state index contributed by atoms with van der Waals surface area (Å²) in [5.41, 5.74) is 5.50. The molecule has 1 rings (SSSR count). The first-order valence-corrected chi connectivity index (χ1v) is 5.59. The van der Waals surface area contributed by atoms with Crippen LogP contribution in [0, 0.1) is 10.1 Å². The van der Waals surface area contributed by atoms with Crippen molar-refractivity contribution in [3.05, 3.63) is 27.1 Å². The van der Waals surface area contributed by atoms with Crippen molar-refractivity contribution in [2.75, 3.05) is 6.61 Å². The Morgan fingerprint density at radius 1 is 1.67 bits per heavy atom. The smallest absolute Gasteiger partial charge is 0.342 e. The normalized spacial score (nSPS) is 13.3. The molecule has 0 amide bonds. The van der Waals surface area contributed by atoms with Crippen molar-refractivity contribution in [2.24, 2.45) is 5.73 Å². The molecular weight excluding hydrogens is 287 g/mol. The molecule has 0 aromatic carbocycles. The number of thiophene rings is 1. The van der Waals surface area contributed by atoms with Gasteiger partial charge in [-0.2, -0.15) is 0 Å². The number of rotatable bonds is 5. The van der Waals surface area contributed by atoms with Gasteiger partial charge in [0.05, 0.1) is 17.6 Å². The van der Waals surface area contributed by atoms with Crippen molar-refractivity contribution < 1.29 is 18.8 Å². The summed E-state index contributed by atoms with van der Waals surface area (Å²) in [6.45, 7) is 1.60. The van der Waals surface area contributed by atoms with E-state index in [4.69, 9.17) is 5.73 Å². The van der Waals surface area contributed by atoms with Gasteiger partial charge in [-0.3, -0.25) is 10.1 Å². The summed E-state index contributed by atoms with van der Waals surface area (Å²) in [7, 11) is 0. The molecule has 102 valence electrons. The summed E-state index contributed by atoms with van der Waals surface area (Å²) in [5, 5.41) is 10.3. The molecule has 0 saturated heterocycles. The number of nitro groups is 1. The van der Waals surface area contributed by atoms with E-state index >= 15 is 0 Å². The summed E-state index contributed by atoms with van der Waals surface area (Å²) in [6.07, 6.45) is -2.02. The van der Waals surface area contributed by atoms with Crippen LogP contribution in [0.25, 0.3) is 0 Å². The summed E-state index contributed by atoms with van der Waals surface area (Å²) in [4.78, 5) is 21.2. The zero-order chi connectivity index (χ0) is 13.0. The third-order valence-electron chi connectivity index (χ3n) is 1.95. The van der Waals surface area contributed by atoms with Gasteiger partial charge in [0.2, 0.25) is 6.17 Å². The van der Waals surface area contributed by atoms with Crippen LogP contribution in [0.2, 0.25) is 0 Å². The maximum absolute atomic E-state index is 13.5. The minimum atomic E-state index is -2.02. The second kappa shape index (κ2) is 7.24. The fourth-order valence-electron chi connectivity index (χ4n) is 1.13. The zero-order valence-electron chi connectivity index (χ0n) is 9.37. The lowest BCUT2D eigenvalue weighted by molar-refractivity contribution is -0.380. The number of ether oxygens (including phenoxy) is 1. The van der Waals surface area contributed by atoms with Crippen LogP contribution in [0.4, 0.5) is 9.39 Å².